The van der Waals surface area contributed by atoms with Gasteiger partial charge in [0.1, 0.15) is 16.2 Å². The fourth-order valence-corrected chi connectivity index (χ4v) is 8.62. The van der Waals surface area contributed by atoms with E-state index in [-0.39, 0.29) is 33.4 Å². The number of ketones is 1. The molecule has 1 heterocycles. The number of nitrogens with one attached hydrogen (secondary N) is 2. The average Bonchev–Trinajstić information content (AvgIpc) is 3.70. The molecule has 1 saturated carbocycles. The lowest BCUT2D eigenvalue weighted by Crippen LogP contribution is -2.44. The number of anilines is 2. The number of Topliss-reactive ketones (excluding diaryl/α,β-unsaturated/α-hetero) is 1. The molecule has 0 spiro atoms. The van der Waals surface area contributed by atoms with E-state index >= 15 is 0 Å². The lowest BCUT2D eigenvalue weighted by Gasteiger charge is -2.36. The molecule has 5 rings (SSSR count). The van der Waals surface area contributed by atoms with E-state index in [1.165, 1.54) is 32.9 Å². The zero-order chi connectivity index (χ0) is 30.8. The molecule has 2 unspecified atom stereocenters. The number of fused-ring (bicyclic) bond motifs is 2. The highest BCUT2D eigenvalue weighted by Gasteiger charge is 2.47. The molecular formula is C29H33N3O8S2. The van der Waals surface area contributed by atoms with Gasteiger partial charge in [-0.1, -0.05) is 57.9 Å². The van der Waals surface area contributed by atoms with E-state index in [0.717, 1.165) is 25.3 Å². The van der Waals surface area contributed by atoms with Gasteiger partial charge in [-0.25, -0.2) is 8.42 Å². The minimum atomic E-state index is -4.48. The van der Waals surface area contributed by atoms with E-state index in [1.54, 1.807) is 31.2 Å². The number of aliphatic hydroxyl groups excluding tert-OH is 1. The smallest absolute Gasteiger partial charge is 0.324 e. The van der Waals surface area contributed by atoms with E-state index in [0.29, 0.717) is 23.5 Å². The highest BCUT2D eigenvalue weighted by Crippen LogP contribution is 2.46. The van der Waals surface area contributed by atoms with Gasteiger partial charge in [-0.15, -0.1) is 4.40 Å². The fraction of sp³-hybridized carbons (Fsp3) is 0.414. The monoisotopic (exact) mass is 615 g/mol. The number of carbonyl (C=O) groups excluding carboxylic acids is 1. The predicted molar refractivity (Wildman–Crippen MR) is 158 cm³/mol. The number of amidine groups is 1. The predicted octanol–water partition coefficient (Wildman–Crippen LogP) is 4.44. The molecule has 0 amide bonds. The van der Waals surface area contributed by atoms with Gasteiger partial charge in [0.2, 0.25) is 10.0 Å². The van der Waals surface area contributed by atoms with Crippen LogP contribution in [-0.2, 0) is 35.1 Å². The van der Waals surface area contributed by atoms with Crippen molar-refractivity contribution in [1.29, 1.82) is 0 Å². The summed E-state index contributed by atoms with van der Waals surface area (Å²) in [4.78, 5) is 25.4. The lowest BCUT2D eigenvalue weighted by atomic mass is 9.67. The van der Waals surface area contributed by atoms with Gasteiger partial charge in [0.15, 0.2) is 16.9 Å². The second-order valence-electron chi connectivity index (χ2n) is 12.4. The molecule has 0 bridgehead atoms. The van der Waals surface area contributed by atoms with Crippen LogP contribution in [0.5, 0.6) is 0 Å². The number of hydrogen-bond acceptors (Lipinski definition) is 8. The van der Waals surface area contributed by atoms with Crippen molar-refractivity contribution in [3.8, 4) is 0 Å². The minimum Gasteiger partial charge on any atom is -0.506 e. The quantitative estimate of drug-likeness (QED) is 0.334. The summed E-state index contributed by atoms with van der Waals surface area (Å²) in [7, 11) is -8.96. The van der Waals surface area contributed by atoms with Crippen molar-refractivity contribution in [3.63, 3.8) is 0 Å². The van der Waals surface area contributed by atoms with Crippen LogP contribution in [0.1, 0.15) is 64.5 Å². The summed E-state index contributed by atoms with van der Waals surface area (Å²) in [5, 5.41) is 21.8. The fourth-order valence-electron chi connectivity index (χ4n) is 5.70. The first-order chi connectivity index (χ1) is 19.5. The first kappa shape index (κ1) is 29.8. The van der Waals surface area contributed by atoms with E-state index in [9.17, 15) is 36.6 Å². The summed E-state index contributed by atoms with van der Waals surface area (Å²) in [6.07, 6.45) is 3.56. The molecule has 4 N–H and O–H groups in total. The Morgan fingerprint density at radius 1 is 1.19 bits per heavy atom. The third kappa shape index (κ3) is 5.19. The molecule has 0 saturated heterocycles. The van der Waals surface area contributed by atoms with Crippen LogP contribution in [0.2, 0.25) is 0 Å². The second kappa shape index (κ2) is 9.94. The van der Waals surface area contributed by atoms with Gasteiger partial charge in [0.05, 0.1) is 16.8 Å². The van der Waals surface area contributed by atoms with Crippen molar-refractivity contribution >= 4 is 54.8 Å². The Morgan fingerprint density at radius 2 is 1.86 bits per heavy atom. The Kier molecular flexibility index (Phi) is 7.05. The summed E-state index contributed by atoms with van der Waals surface area (Å²) in [6.45, 7) is 6.20. The van der Waals surface area contributed by atoms with Crippen LogP contribution in [0, 0.1) is 11.3 Å². The van der Waals surface area contributed by atoms with E-state index < -0.39 is 47.9 Å². The van der Waals surface area contributed by atoms with Crippen molar-refractivity contribution in [2.75, 3.05) is 10.0 Å². The molecule has 2 aromatic carbocycles. The van der Waals surface area contributed by atoms with Crippen molar-refractivity contribution in [1.82, 2.24) is 0 Å². The Morgan fingerprint density at radius 3 is 2.48 bits per heavy atom. The maximum atomic E-state index is 14.0. The van der Waals surface area contributed by atoms with Crippen molar-refractivity contribution < 1.29 is 36.6 Å². The van der Waals surface area contributed by atoms with Crippen LogP contribution in [0.4, 0.5) is 11.4 Å². The van der Waals surface area contributed by atoms with Crippen LogP contribution in [0.15, 0.2) is 57.3 Å². The molecule has 1 fully saturated rings. The zero-order valence-electron chi connectivity index (χ0n) is 23.6. The summed E-state index contributed by atoms with van der Waals surface area (Å²) in [6, 6.07) is 10.6. The normalized spacial score (nSPS) is 22.4. The lowest BCUT2D eigenvalue weighted by molar-refractivity contribution is -0.138. The van der Waals surface area contributed by atoms with Crippen molar-refractivity contribution in [2.45, 2.75) is 68.9 Å². The summed E-state index contributed by atoms with van der Waals surface area (Å²) in [5.74, 6) is -2.16. The third-order valence-corrected chi connectivity index (χ3v) is 11.4. The first-order valence-corrected chi connectivity index (χ1v) is 16.5. The second-order valence-corrected chi connectivity index (χ2v) is 15.7. The standard InChI is InChI=1S/C29H33N3O8S2/c1-28(2,3)25(27(35)36)42(39,40)31-17-11-12-20-21(15-17)41(37,38)32-26(30-20)22-23(33)18-7-5-6-8-19(18)29(4,24(22)34)14-13-16-9-10-16/h5-8,11-12,15-16,25,31,33H,9-10,13-14H2,1-4H3,(H,30,32)(H,35,36). The highest BCUT2D eigenvalue weighted by molar-refractivity contribution is 7.94. The van der Waals surface area contributed by atoms with Crippen LogP contribution in [-0.4, -0.2) is 49.9 Å². The highest BCUT2D eigenvalue weighted by atomic mass is 32.2. The number of aliphatic carboxylic acids is 1. The topological polar surface area (TPSA) is 179 Å². The Labute approximate surface area is 244 Å². The summed E-state index contributed by atoms with van der Waals surface area (Å²) < 4.78 is 58.7. The minimum absolute atomic E-state index is 0.0141. The number of carboxylic acids is 1. The van der Waals surface area contributed by atoms with E-state index in [2.05, 4.69) is 14.4 Å². The van der Waals surface area contributed by atoms with Gasteiger partial charge in [-0.3, -0.25) is 14.3 Å². The van der Waals surface area contributed by atoms with Gasteiger partial charge in [-0.2, -0.15) is 8.42 Å². The van der Waals surface area contributed by atoms with Crippen LogP contribution in [0.3, 0.4) is 0 Å². The Bertz CT molecular complexity index is 1780. The van der Waals surface area contributed by atoms with E-state index in [4.69, 9.17) is 0 Å². The first-order valence-electron chi connectivity index (χ1n) is 13.5. The molecule has 224 valence electrons. The molecule has 1 aliphatic heterocycles. The molecule has 2 aromatic rings. The maximum Gasteiger partial charge on any atom is 0.324 e. The molecule has 2 aliphatic carbocycles. The molecule has 11 nitrogen and oxygen atoms in total. The van der Waals surface area contributed by atoms with Gasteiger partial charge in [-0.05, 0) is 54.9 Å². The number of rotatable bonds is 8. The van der Waals surface area contributed by atoms with Crippen molar-refractivity contribution in [3.05, 3.63) is 59.2 Å². The largest absolute Gasteiger partial charge is 0.506 e. The molecular weight excluding hydrogens is 582 g/mol. The number of benzene rings is 2. The number of nitrogens with zero attached hydrogens (tertiary/aromatic N) is 1. The molecule has 42 heavy (non-hydrogen) atoms. The van der Waals surface area contributed by atoms with Crippen LogP contribution < -0.4 is 10.0 Å². The Balaban J connectivity index is 1.53. The van der Waals surface area contributed by atoms with Crippen LogP contribution >= 0.6 is 0 Å². The molecule has 0 aromatic heterocycles. The summed E-state index contributed by atoms with van der Waals surface area (Å²) in [5.41, 5.74) is -1.47. The SMILES string of the molecule is CC1(CCC2CC2)C(=O)C(C2=NS(=O)(=O)c3cc(NS(=O)(=O)C(C(=O)O)C(C)(C)C)ccc3N2)=C(O)c2ccccc21. The molecule has 0 radical (unpaired) electrons. The van der Waals surface area contributed by atoms with E-state index in [1.807, 2.05) is 0 Å². The maximum absolute atomic E-state index is 14.0. The van der Waals surface area contributed by atoms with Crippen LogP contribution in [0.25, 0.3) is 5.76 Å². The third-order valence-electron chi connectivity index (χ3n) is 8.03. The number of sulfonamides is 2. The van der Waals surface area contributed by atoms with Gasteiger partial charge < -0.3 is 15.5 Å². The summed E-state index contributed by atoms with van der Waals surface area (Å²) >= 11 is 0. The van der Waals surface area contributed by atoms with Gasteiger partial charge in [0.25, 0.3) is 10.0 Å². The van der Waals surface area contributed by atoms with Crippen molar-refractivity contribution in [2.24, 2.45) is 15.7 Å². The molecule has 3 aliphatic rings. The average molecular weight is 616 g/mol. The molecule has 2 atom stereocenters. The molecule has 13 heteroatoms. The number of aliphatic hydroxyl groups is 1. The van der Waals surface area contributed by atoms with Gasteiger partial charge in [0, 0.05) is 5.56 Å². The Hall–Kier alpha value is -3.71. The number of carboxylic acid groups (broad SMARTS) is 1. The zero-order valence-corrected chi connectivity index (χ0v) is 25.3. The number of hydrogen-bond donors (Lipinski definition) is 4. The van der Waals surface area contributed by atoms with Gasteiger partial charge >= 0.3 is 5.97 Å². The number of carbonyl (C=O) groups is 2.